The molecule has 0 N–H and O–H groups in total. The number of pyridine rings is 1. The van der Waals surface area contributed by atoms with Crippen molar-refractivity contribution < 1.29 is 4.57 Å². The molecule has 1 rings (SSSR count). The lowest BCUT2D eigenvalue weighted by atomic mass is 10.3. The minimum atomic E-state index is 0.770. The quantitative estimate of drug-likeness (QED) is 0.384. The molecule has 0 aromatic carbocycles. The van der Waals surface area contributed by atoms with Crippen LogP contribution in [0, 0.1) is 6.92 Å². The first-order chi connectivity index (χ1) is 5.84. The van der Waals surface area contributed by atoms with Gasteiger partial charge in [-0.3, -0.25) is 0 Å². The minimum Gasteiger partial charge on any atom is -0.203 e. The van der Waals surface area contributed by atoms with Crippen molar-refractivity contribution in [3.8, 4) is 0 Å². The molecule has 0 bridgehead atoms. The number of unbranched alkanes of at least 4 members (excludes halogenated alkanes) is 1. The van der Waals surface area contributed by atoms with E-state index in [9.17, 15) is 0 Å². The second kappa shape index (κ2) is 5.15. The average Bonchev–Trinajstić information content (AvgIpc) is 2.09. The summed E-state index contributed by atoms with van der Waals surface area (Å²) in [6.45, 7) is 3.21. The van der Waals surface area contributed by atoms with Gasteiger partial charge in [0.25, 0.3) is 0 Å². The van der Waals surface area contributed by atoms with Gasteiger partial charge in [-0.05, 0) is 6.42 Å². The molecule has 1 aromatic rings. The van der Waals surface area contributed by atoms with Crippen molar-refractivity contribution >= 4 is 11.6 Å². The predicted molar refractivity (Wildman–Crippen MR) is 51.3 cm³/mol. The molecule has 1 aromatic heterocycles. The Labute approximate surface area is 79.0 Å². The van der Waals surface area contributed by atoms with Crippen LogP contribution >= 0.6 is 11.6 Å². The van der Waals surface area contributed by atoms with Crippen molar-refractivity contribution in [3.05, 3.63) is 30.1 Å². The van der Waals surface area contributed by atoms with Crippen molar-refractivity contribution in [3.63, 3.8) is 0 Å². The second-order valence-corrected chi connectivity index (χ2v) is 3.31. The van der Waals surface area contributed by atoms with E-state index in [0.29, 0.717) is 0 Å². The van der Waals surface area contributed by atoms with Crippen molar-refractivity contribution in [1.82, 2.24) is 0 Å². The van der Waals surface area contributed by atoms with Crippen molar-refractivity contribution in [2.45, 2.75) is 26.3 Å². The van der Waals surface area contributed by atoms with Crippen molar-refractivity contribution in [1.29, 1.82) is 0 Å². The SMILES string of the molecule is Cc1cccc[n+]1CCCCCl. The molecule has 1 heterocycles. The van der Waals surface area contributed by atoms with Crippen LogP contribution in [0.15, 0.2) is 24.4 Å². The van der Waals surface area contributed by atoms with E-state index in [-0.39, 0.29) is 0 Å². The molecule has 66 valence electrons. The molecule has 0 aliphatic carbocycles. The Morgan fingerprint density at radius 3 is 2.83 bits per heavy atom. The maximum absolute atomic E-state index is 5.60. The Bertz CT molecular complexity index is 235. The van der Waals surface area contributed by atoms with Crippen LogP contribution in [0.1, 0.15) is 18.5 Å². The number of hydrogen-bond donors (Lipinski definition) is 0. The van der Waals surface area contributed by atoms with Crippen molar-refractivity contribution in [2.24, 2.45) is 0 Å². The molecule has 0 fully saturated rings. The third-order valence-electron chi connectivity index (χ3n) is 1.95. The largest absolute Gasteiger partial charge is 0.203 e. The van der Waals surface area contributed by atoms with E-state index in [0.717, 1.165) is 18.8 Å². The van der Waals surface area contributed by atoms with Crippen LogP contribution in [0.5, 0.6) is 0 Å². The van der Waals surface area contributed by atoms with Gasteiger partial charge in [-0.1, -0.05) is 6.07 Å². The number of halogens is 1. The number of hydrogen-bond acceptors (Lipinski definition) is 0. The zero-order valence-electron chi connectivity index (χ0n) is 7.46. The number of aryl methyl sites for hydroxylation is 2. The highest BCUT2D eigenvalue weighted by molar-refractivity contribution is 6.17. The molecule has 0 radical (unpaired) electrons. The number of rotatable bonds is 4. The molecule has 12 heavy (non-hydrogen) atoms. The van der Waals surface area contributed by atoms with Crippen LogP contribution in [0.2, 0.25) is 0 Å². The zero-order chi connectivity index (χ0) is 8.81. The van der Waals surface area contributed by atoms with Gasteiger partial charge >= 0.3 is 0 Å². The predicted octanol–water partition coefficient (Wildman–Crippen LogP) is 2.30. The summed E-state index contributed by atoms with van der Waals surface area (Å²) >= 11 is 5.60. The second-order valence-electron chi connectivity index (χ2n) is 2.93. The number of alkyl halides is 1. The Balaban J connectivity index is 2.46. The van der Waals surface area contributed by atoms with Gasteiger partial charge in [-0.15, -0.1) is 11.6 Å². The first kappa shape index (κ1) is 9.53. The van der Waals surface area contributed by atoms with E-state index >= 15 is 0 Å². The van der Waals surface area contributed by atoms with E-state index in [1.165, 1.54) is 12.1 Å². The summed E-state index contributed by atoms with van der Waals surface area (Å²) in [5, 5.41) is 0. The summed E-state index contributed by atoms with van der Waals surface area (Å²) in [6.07, 6.45) is 4.38. The summed E-state index contributed by atoms with van der Waals surface area (Å²) in [5.74, 6) is 0.770. The Hall–Kier alpha value is -0.560. The maximum atomic E-state index is 5.60. The molecular formula is C10H15ClN+. The van der Waals surface area contributed by atoms with Gasteiger partial charge in [0, 0.05) is 31.4 Å². The molecule has 0 atom stereocenters. The average molecular weight is 185 g/mol. The van der Waals surface area contributed by atoms with Gasteiger partial charge in [0.1, 0.15) is 6.54 Å². The molecule has 2 heteroatoms. The standard InChI is InChI=1S/C10H15ClN/c1-10-6-2-4-8-12(10)9-5-3-7-11/h2,4,6,8H,3,5,7,9H2,1H3/q+1. The lowest BCUT2D eigenvalue weighted by molar-refractivity contribution is -0.703. The number of aromatic nitrogens is 1. The third-order valence-corrected chi connectivity index (χ3v) is 2.22. The minimum absolute atomic E-state index is 0.770. The third kappa shape index (κ3) is 2.82. The summed E-state index contributed by atoms with van der Waals surface area (Å²) in [6, 6.07) is 6.25. The Kier molecular flexibility index (Phi) is 4.09. The van der Waals surface area contributed by atoms with E-state index in [2.05, 4.69) is 35.9 Å². The molecule has 0 spiro atoms. The highest BCUT2D eigenvalue weighted by Gasteiger charge is 2.02. The summed E-state index contributed by atoms with van der Waals surface area (Å²) in [4.78, 5) is 0. The van der Waals surface area contributed by atoms with Crippen LogP contribution in [0.4, 0.5) is 0 Å². The van der Waals surface area contributed by atoms with E-state index < -0.39 is 0 Å². The molecular weight excluding hydrogens is 170 g/mol. The molecule has 0 aliphatic rings. The van der Waals surface area contributed by atoms with Crippen LogP contribution in [0.25, 0.3) is 0 Å². The molecule has 0 aliphatic heterocycles. The molecule has 0 saturated heterocycles. The summed E-state index contributed by atoms with van der Waals surface area (Å²) in [5.41, 5.74) is 1.31. The first-order valence-electron chi connectivity index (χ1n) is 4.35. The molecule has 0 amide bonds. The molecule has 1 nitrogen and oxygen atoms in total. The van der Waals surface area contributed by atoms with Gasteiger partial charge in [0.2, 0.25) is 0 Å². The van der Waals surface area contributed by atoms with Crippen molar-refractivity contribution in [2.75, 3.05) is 5.88 Å². The first-order valence-corrected chi connectivity index (χ1v) is 4.89. The smallest absolute Gasteiger partial charge is 0.178 e. The van der Waals surface area contributed by atoms with E-state index in [1.54, 1.807) is 0 Å². The molecule has 0 saturated carbocycles. The van der Waals surface area contributed by atoms with Crippen LogP contribution < -0.4 is 4.57 Å². The van der Waals surface area contributed by atoms with Gasteiger partial charge in [0.05, 0.1) is 0 Å². The van der Waals surface area contributed by atoms with Gasteiger partial charge in [0.15, 0.2) is 11.9 Å². The van der Waals surface area contributed by atoms with E-state index in [1.807, 2.05) is 0 Å². The topological polar surface area (TPSA) is 3.88 Å². The van der Waals surface area contributed by atoms with Gasteiger partial charge in [-0.2, -0.15) is 0 Å². The fourth-order valence-corrected chi connectivity index (χ4v) is 1.38. The zero-order valence-corrected chi connectivity index (χ0v) is 8.22. The van der Waals surface area contributed by atoms with Crippen LogP contribution in [0.3, 0.4) is 0 Å². The highest BCUT2D eigenvalue weighted by atomic mass is 35.5. The van der Waals surface area contributed by atoms with Gasteiger partial charge in [-0.25, -0.2) is 4.57 Å². The fourth-order valence-electron chi connectivity index (χ4n) is 1.19. The van der Waals surface area contributed by atoms with Crippen LogP contribution in [-0.4, -0.2) is 5.88 Å². The highest BCUT2D eigenvalue weighted by Crippen LogP contribution is 1.93. The monoisotopic (exact) mass is 184 g/mol. The normalized spacial score (nSPS) is 10.2. The summed E-state index contributed by atoms with van der Waals surface area (Å²) < 4.78 is 2.26. The Morgan fingerprint density at radius 2 is 2.17 bits per heavy atom. The van der Waals surface area contributed by atoms with E-state index in [4.69, 9.17) is 11.6 Å². The number of nitrogens with zero attached hydrogens (tertiary/aromatic N) is 1. The molecule has 0 unspecified atom stereocenters. The van der Waals surface area contributed by atoms with Crippen LogP contribution in [-0.2, 0) is 6.54 Å². The Morgan fingerprint density at radius 1 is 1.33 bits per heavy atom. The lowest BCUT2D eigenvalue weighted by Crippen LogP contribution is -2.36. The summed E-state index contributed by atoms with van der Waals surface area (Å²) in [7, 11) is 0. The van der Waals surface area contributed by atoms with Gasteiger partial charge < -0.3 is 0 Å². The maximum Gasteiger partial charge on any atom is 0.178 e. The lowest BCUT2D eigenvalue weighted by Gasteiger charge is -1.97. The fraction of sp³-hybridized carbons (Fsp3) is 0.500.